The average molecular weight is 234 g/mol. The van der Waals surface area contributed by atoms with Crippen LogP contribution in [0.15, 0.2) is 18.2 Å². The quantitative estimate of drug-likeness (QED) is 0.640. The molecule has 0 heterocycles. The Bertz CT molecular complexity index is 427. The van der Waals surface area contributed by atoms with Crippen LogP contribution in [-0.2, 0) is 4.74 Å². The molecule has 1 aromatic rings. The molecule has 1 fully saturated rings. The van der Waals surface area contributed by atoms with Gasteiger partial charge in [-0.3, -0.25) is 0 Å². The maximum Gasteiger partial charge on any atom is 0.340 e. The van der Waals surface area contributed by atoms with Crippen molar-refractivity contribution >= 4 is 17.3 Å². The Kier molecular flexibility index (Phi) is 3.22. The Hall–Kier alpha value is -1.71. The van der Waals surface area contributed by atoms with Crippen molar-refractivity contribution in [3.63, 3.8) is 0 Å². The minimum Gasteiger partial charge on any atom is -0.462 e. The highest BCUT2D eigenvalue weighted by Gasteiger charge is 2.27. The van der Waals surface area contributed by atoms with Gasteiger partial charge in [0.25, 0.3) is 0 Å². The molecule has 2 rings (SSSR count). The summed E-state index contributed by atoms with van der Waals surface area (Å²) in [5.41, 5.74) is 7.74. The second kappa shape index (κ2) is 4.65. The van der Waals surface area contributed by atoms with Crippen molar-refractivity contribution < 1.29 is 9.53 Å². The number of nitrogens with zero attached hydrogens (tertiary/aromatic N) is 1. The lowest BCUT2D eigenvalue weighted by Crippen LogP contribution is -2.20. The van der Waals surface area contributed by atoms with E-state index >= 15 is 0 Å². The van der Waals surface area contributed by atoms with E-state index in [1.165, 1.54) is 12.8 Å². The van der Waals surface area contributed by atoms with E-state index in [9.17, 15) is 4.79 Å². The van der Waals surface area contributed by atoms with Crippen LogP contribution in [0.1, 0.15) is 30.1 Å². The van der Waals surface area contributed by atoms with E-state index in [-0.39, 0.29) is 5.97 Å². The Labute approximate surface area is 101 Å². The van der Waals surface area contributed by atoms with Crippen molar-refractivity contribution in [2.45, 2.75) is 25.8 Å². The fourth-order valence-corrected chi connectivity index (χ4v) is 1.82. The van der Waals surface area contributed by atoms with Gasteiger partial charge in [-0.2, -0.15) is 0 Å². The molecule has 0 unspecified atom stereocenters. The van der Waals surface area contributed by atoms with Gasteiger partial charge in [0, 0.05) is 24.5 Å². The molecule has 0 saturated heterocycles. The predicted molar refractivity (Wildman–Crippen MR) is 68.2 cm³/mol. The molecule has 1 aliphatic rings. The zero-order valence-corrected chi connectivity index (χ0v) is 10.3. The average Bonchev–Trinajstić information content (AvgIpc) is 3.13. The van der Waals surface area contributed by atoms with Crippen LogP contribution in [0.2, 0.25) is 0 Å². The SMILES string of the molecule is CCOC(=O)c1cc(N(C)C2CC2)ccc1N. The molecule has 0 atom stereocenters. The smallest absolute Gasteiger partial charge is 0.340 e. The topological polar surface area (TPSA) is 55.6 Å². The van der Waals surface area contributed by atoms with Gasteiger partial charge >= 0.3 is 5.97 Å². The summed E-state index contributed by atoms with van der Waals surface area (Å²) in [7, 11) is 2.04. The first-order valence-electron chi connectivity index (χ1n) is 5.93. The molecular formula is C13H18N2O2. The third kappa shape index (κ3) is 2.52. The maximum absolute atomic E-state index is 11.7. The lowest BCUT2D eigenvalue weighted by atomic mass is 10.1. The van der Waals surface area contributed by atoms with E-state index in [1.54, 1.807) is 13.0 Å². The van der Waals surface area contributed by atoms with Gasteiger partial charge in [-0.1, -0.05) is 0 Å². The Morgan fingerprint density at radius 1 is 1.53 bits per heavy atom. The number of rotatable bonds is 4. The van der Waals surface area contributed by atoms with Crippen LogP contribution in [0.25, 0.3) is 0 Å². The van der Waals surface area contributed by atoms with Crippen LogP contribution in [0.3, 0.4) is 0 Å². The van der Waals surface area contributed by atoms with E-state index < -0.39 is 0 Å². The zero-order valence-electron chi connectivity index (χ0n) is 10.3. The zero-order chi connectivity index (χ0) is 12.4. The first kappa shape index (κ1) is 11.8. The van der Waals surface area contributed by atoms with Gasteiger partial charge in [0.2, 0.25) is 0 Å². The molecule has 17 heavy (non-hydrogen) atoms. The second-order valence-corrected chi connectivity index (χ2v) is 4.33. The molecule has 2 N–H and O–H groups in total. The lowest BCUT2D eigenvalue weighted by Gasteiger charge is -2.19. The molecule has 0 aliphatic heterocycles. The molecule has 0 spiro atoms. The van der Waals surface area contributed by atoms with Crippen molar-refractivity contribution in [1.29, 1.82) is 0 Å². The number of ether oxygens (including phenoxy) is 1. The summed E-state index contributed by atoms with van der Waals surface area (Å²) in [5.74, 6) is -0.351. The van der Waals surface area contributed by atoms with Crippen LogP contribution < -0.4 is 10.6 Å². The number of anilines is 2. The Morgan fingerprint density at radius 3 is 2.82 bits per heavy atom. The lowest BCUT2D eigenvalue weighted by molar-refractivity contribution is 0.0527. The minimum atomic E-state index is -0.351. The van der Waals surface area contributed by atoms with Crippen molar-refractivity contribution in [3.05, 3.63) is 23.8 Å². The van der Waals surface area contributed by atoms with Gasteiger partial charge in [0.15, 0.2) is 0 Å². The van der Waals surface area contributed by atoms with Gasteiger partial charge in [-0.25, -0.2) is 4.79 Å². The van der Waals surface area contributed by atoms with Crippen LogP contribution >= 0.6 is 0 Å². The maximum atomic E-state index is 11.7. The van der Waals surface area contributed by atoms with Crippen LogP contribution in [0.5, 0.6) is 0 Å². The molecule has 1 aliphatic carbocycles. The molecule has 1 aromatic carbocycles. The molecular weight excluding hydrogens is 216 g/mol. The minimum absolute atomic E-state index is 0.351. The van der Waals surface area contributed by atoms with Gasteiger partial charge in [-0.05, 0) is 38.0 Å². The molecule has 1 saturated carbocycles. The first-order valence-corrected chi connectivity index (χ1v) is 5.93. The van der Waals surface area contributed by atoms with Crippen LogP contribution in [-0.4, -0.2) is 25.7 Å². The fraction of sp³-hybridized carbons (Fsp3) is 0.462. The van der Waals surface area contributed by atoms with E-state index in [0.717, 1.165) is 5.69 Å². The third-order valence-corrected chi connectivity index (χ3v) is 3.03. The highest BCUT2D eigenvalue weighted by molar-refractivity contribution is 5.96. The van der Waals surface area contributed by atoms with Crippen LogP contribution in [0, 0.1) is 0 Å². The standard InChI is InChI=1S/C13H18N2O2/c1-3-17-13(16)11-8-10(6-7-12(11)14)15(2)9-4-5-9/h6-9H,3-5,14H2,1-2H3. The number of esters is 1. The number of benzene rings is 1. The summed E-state index contributed by atoms with van der Waals surface area (Å²) in [6.45, 7) is 2.15. The van der Waals surface area contributed by atoms with Crippen molar-refractivity contribution in [3.8, 4) is 0 Å². The fourth-order valence-electron chi connectivity index (χ4n) is 1.82. The Morgan fingerprint density at radius 2 is 2.24 bits per heavy atom. The highest BCUT2D eigenvalue weighted by atomic mass is 16.5. The number of nitrogens with two attached hydrogens (primary N) is 1. The van der Waals surface area contributed by atoms with Crippen molar-refractivity contribution in [2.24, 2.45) is 0 Å². The number of hydrogen-bond donors (Lipinski definition) is 1. The van der Waals surface area contributed by atoms with E-state index in [4.69, 9.17) is 10.5 Å². The largest absolute Gasteiger partial charge is 0.462 e. The van der Waals surface area contributed by atoms with E-state index in [0.29, 0.717) is 23.9 Å². The van der Waals surface area contributed by atoms with Gasteiger partial charge in [-0.15, -0.1) is 0 Å². The summed E-state index contributed by atoms with van der Waals surface area (Å²) < 4.78 is 4.98. The monoisotopic (exact) mass is 234 g/mol. The molecule has 0 aromatic heterocycles. The van der Waals surface area contributed by atoms with Gasteiger partial charge < -0.3 is 15.4 Å². The summed E-state index contributed by atoms with van der Waals surface area (Å²) in [4.78, 5) is 13.9. The number of carbonyl (C=O) groups is 1. The number of hydrogen-bond acceptors (Lipinski definition) is 4. The normalized spacial score (nSPS) is 14.5. The second-order valence-electron chi connectivity index (χ2n) is 4.33. The molecule has 92 valence electrons. The summed E-state index contributed by atoms with van der Waals surface area (Å²) in [6, 6.07) is 6.12. The molecule has 4 heteroatoms. The molecule has 0 radical (unpaired) electrons. The Balaban J connectivity index is 2.25. The van der Waals surface area contributed by atoms with Gasteiger partial charge in [0.1, 0.15) is 0 Å². The molecule has 4 nitrogen and oxygen atoms in total. The van der Waals surface area contributed by atoms with Gasteiger partial charge in [0.05, 0.1) is 12.2 Å². The molecule has 0 bridgehead atoms. The third-order valence-electron chi connectivity index (χ3n) is 3.03. The van der Waals surface area contributed by atoms with Crippen molar-refractivity contribution in [2.75, 3.05) is 24.3 Å². The summed E-state index contributed by atoms with van der Waals surface area (Å²) in [6.07, 6.45) is 2.44. The van der Waals surface area contributed by atoms with E-state index in [2.05, 4.69) is 4.90 Å². The predicted octanol–water partition coefficient (Wildman–Crippen LogP) is 2.04. The first-order chi connectivity index (χ1) is 8.13. The summed E-state index contributed by atoms with van der Waals surface area (Å²) >= 11 is 0. The number of carbonyl (C=O) groups excluding carboxylic acids is 1. The highest BCUT2D eigenvalue weighted by Crippen LogP contribution is 2.31. The molecule has 0 amide bonds. The number of nitrogen functional groups attached to an aromatic ring is 1. The van der Waals surface area contributed by atoms with E-state index in [1.807, 2.05) is 19.2 Å². The van der Waals surface area contributed by atoms with Crippen LogP contribution in [0.4, 0.5) is 11.4 Å². The summed E-state index contributed by atoms with van der Waals surface area (Å²) in [5, 5.41) is 0. The van der Waals surface area contributed by atoms with Crippen molar-refractivity contribution in [1.82, 2.24) is 0 Å².